The average Bonchev–Trinajstić information content (AvgIpc) is 3.37. The number of unbranched alkanes of at least 4 members (excludes halogenated alkanes) is 50. The molecule has 1 atom stereocenters. The van der Waals surface area contributed by atoms with E-state index in [1.807, 2.05) is 0 Å². The minimum atomic E-state index is -0.760. The number of hydrogen-bond acceptors (Lipinski definition) is 6. The molecule has 0 amide bonds. The predicted molar refractivity (Wildman–Crippen MR) is 307 cm³/mol. The van der Waals surface area contributed by atoms with Crippen molar-refractivity contribution in [2.45, 2.75) is 386 Å². The van der Waals surface area contributed by atoms with Crippen molar-refractivity contribution in [3.8, 4) is 0 Å². The molecule has 0 aromatic rings. The van der Waals surface area contributed by atoms with Crippen LogP contribution in [0.25, 0.3) is 0 Å². The van der Waals surface area contributed by atoms with Gasteiger partial charge in [0.25, 0.3) is 0 Å². The maximum atomic E-state index is 12.8. The van der Waals surface area contributed by atoms with Crippen LogP contribution in [0.2, 0.25) is 0 Å². The van der Waals surface area contributed by atoms with Crippen molar-refractivity contribution in [2.24, 2.45) is 0 Å². The van der Waals surface area contributed by atoms with Crippen molar-refractivity contribution < 1.29 is 28.6 Å². The molecule has 6 nitrogen and oxygen atoms in total. The number of esters is 3. The van der Waals surface area contributed by atoms with E-state index in [4.69, 9.17) is 14.2 Å². The Morgan fingerprint density at radius 1 is 0.225 bits per heavy atom. The lowest BCUT2D eigenvalue weighted by Gasteiger charge is -2.18. The average molecular weight is 1000 g/mol. The van der Waals surface area contributed by atoms with Gasteiger partial charge in [0, 0.05) is 19.3 Å². The van der Waals surface area contributed by atoms with Crippen LogP contribution in [0.3, 0.4) is 0 Å². The van der Waals surface area contributed by atoms with Gasteiger partial charge in [0.05, 0.1) is 0 Å². The second-order valence-corrected chi connectivity index (χ2v) is 22.4. The van der Waals surface area contributed by atoms with Gasteiger partial charge in [-0.2, -0.15) is 0 Å². The van der Waals surface area contributed by atoms with Crippen LogP contribution in [0.5, 0.6) is 0 Å². The summed E-state index contributed by atoms with van der Waals surface area (Å²) in [5.74, 6) is -0.846. The highest BCUT2D eigenvalue weighted by atomic mass is 16.6. The fraction of sp³-hybridized carbons (Fsp3) is 0.954. The van der Waals surface area contributed by atoms with Crippen molar-refractivity contribution in [1.29, 1.82) is 0 Å². The highest BCUT2D eigenvalue weighted by Crippen LogP contribution is 2.19. The van der Waals surface area contributed by atoms with Crippen LogP contribution in [-0.2, 0) is 28.6 Å². The van der Waals surface area contributed by atoms with Crippen molar-refractivity contribution in [3.63, 3.8) is 0 Å². The number of hydrogen-bond donors (Lipinski definition) is 0. The lowest BCUT2D eigenvalue weighted by Crippen LogP contribution is -2.30. The fourth-order valence-corrected chi connectivity index (χ4v) is 10.2. The first kappa shape index (κ1) is 69.4. The maximum Gasteiger partial charge on any atom is 0.306 e. The molecule has 6 heteroatoms. The Hall–Kier alpha value is -1.59. The molecule has 0 rings (SSSR count). The molecule has 0 fully saturated rings. The molecular formula is C65H126O6. The Bertz CT molecular complexity index is 1060. The molecule has 0 aliphatic carbocycles. The van der Waals surface area contributed by atoms with E-state index in [2.05, 4.69) is 20.8 Å². The zero-order chi connectivity index (χ0) is 51.4. The Morgan fingerprint density at radius 3 is 0.563 bits per heavy atom. The van der Waals surface area contributed by atoms with Gasteiger partial charge in [0.1, 0.15) is 13.2 Å². The van der Waals surface area contributed by atoms with Gasteiger partial charge in [-0.15, -0.1) is 0 Å². The molecule has 71 heavy (non-hydrogen) atoms. The molecular weight excluding hydrogens is 877 g/mol. The molecule has 0 aromatic heterocycles. The van der Waals surface area contributed by atoms with Crippen molar-refractivity contribution in [1.82, 2.24) is 0 Å². The summed E-state index contributed by atoms with van der Waals surface area (Å²) < 4.78 is 16.8. The molecule has 0 saturated carbocycles. The third kappa shape index (κ3) is 59.2. The second kappa shape index (κ2) is 61.0. The molecule has 1 unspecified atom stereocenters. The Labute approximate surface area is 444 Å². The topological polar surface area (TPSA) is 78.9 Å². The Balaban J connectivity index is 3.92. The van der Waals surface area contributed by atoms with E-state index >= 15 is 0 Å². The zero-order valence-corrected chi connectivity index (χ0v) is 48.5. The summed E-state index contributed by atoms with van der Waals surface area (Å²) in [7, 11) is 0. The van der Waals surface area contributed by atoms with E-state index in [1.165, 1.54) is 276 Å². The van der Waals surface area contributed by atoms with Gasteiger partial charge in [0.2, 0.25) is 0 Å². The van der Waals surface area contributed by atoms with E-state index in [-0.39, 0.29) is 31.1 Å². The highest BCUT2D eigenvalue weighted by molar-refractivity contribution is 5.71. The number of ether oxygens (including phenoxy) is 3. The first-order valence-corrected chi connectivity index (χ1v) is 32.5. The summed E-state index contributed by atoms with van der Waals surface area (Å²) in [5.41, 5.74) is 0. The van der Waals surface area contributed by atoms with Crippen LogP contribution in [0.15, 0.2) is 0 Å². The molecule has 0 aliphatic heterocycles. The molecule has 0 heterocycles. The molecule has 0 N–H and O–H groups in total. The van der Waals surface area contributed by atoms with Gasteiger partial charge in [-0.05, 0) is 19.3 Å². The summed E-state index contributed by atoms with van der Waals surface area (Å²) in [6.45, 7) is 6.64. The van der Waals surface area contributed by atoms with Gasteiger partial charge in [-0.1, -0.05) is 342 Å². The van der Waals surface area contributed by atoms with Gasteiger partial charge < -0.3 is 14.2 Å². The van der Waals surface area contributed by atoms with Crippen molar-refractivity contribution in [3.05, 3.63) is 0 Å². The van der Waals surface area contributed by atoms with E-state index in [0.717, 1.165) is 64.2 Å². The van der Waals surface area contributed by atoms with Crippen molar-refractivity contribution in [2.75, 3.05) is 13.2 Å². The molecule has 0 aliphatic rings. The molecule has 0 aromatic carbocycles. The Kier molecular flexibility index (Phi) is 59.6. The van der Waals surface area contributed by atoms with Crippen molar-refractivity contribution >= 4 is 17.9 Å². The predicted octanol–water partition coefficient (Wildman–Crippen LogP) is 21.9. The lowest BCUT2D eigenvalue weighted by molar-refractivity contribution is -0.167. The standard InChI is InChI=1S/C65H126O6/c1-4-7-10-13-15-17-19-21-23-25-27-29-30-31-32-33-34-35-36-38-39-41-43-45-47-49-52-55-58-64(67)70-61-62(60-69-63(66)57-54-51-12-9-6-3)71-65(68)59-56-53-50-48-46-44-42-40-37-28-26-24-22-20-18-16-14-11-8-5-2/h62H,4-61H2,1-3H3. The minimum absolute atomic E-state index is 0.0624. The summed E-state index contributed by atoms with van der Waals surface area (Å²) in [6, 6.07) is 0. The number of carbonyl (C=O) groups excluding carboxylic acids is 3. The third-order valence-electron chi connectivity index (χ3n) is 15.1. The summed E-state index contributed by atoms with van der Waals surface area (Å²) in [4.78, 5) is 37.9. The fourth-order valence-electron chi connectivity index (χ4n) is 10.2. The Morgan fingerprint density at radius 2 is 0.380 bits per heavy atom. The molecule has 0 radical (unpaired) electrons. The molecule has 422 valence electrons. The SMILES string of the molecule is CCCCCCCCCCCCCCCCCCCCCCCCCCCCCCC(=O)OCC(COC(=O)CCCCCCC)OC(=O)CCCCCCCCCCCCCCCCCCCCCC. The largest absolute Gasteiger partial charge is 0.462 e. The van der Waals surface area contributed by atoms with Gasteiger partial charge in [0.15, 0.2) is 6.10 Å². The highest BCUT2D eigenvalue weighted by Gasteiger charge is 2.19. The van der Waals surface area contributed by atoms with E-state index < -0.39 is 6.10 Å². The second-order valence-electron chi connectivity index (χ2n) is 22.4. The molecule has 0 bridgehead atoms. The van der Waals surface area contributed by atoms with Crippen LogP contribution in [-0.4, -0.2) is 37.2 Å². The van der Waals surface area contributed by atoms with Gasteiger partial charge in [-0.25, -0.2) is 0 Å². The van der Waals surface area contributed by atoms with Crippen LogP contribution in [0.4, 0.5) is 0 Å². The quantitative estimate of drug-likeness (QED) is 0.0343. The van der Waals surface area contributed by atoms with Gasteiger partial charge >= 0.3 is 17.9 Å². The van der Waals surface area contributed by atoms with E-state index in [9.17, 15) is 14.4 Å². The molecule has 0 spiro atoms. The lowest BCUT2D eigenvalue weighted by atomic mass is 10.0. The number of rotatable bonds is 61. The van der Waals surface area contributed by atoms with Crippen LogP contribution >= 0.6 is 0 Å². The summed E-state index contributed by atoms with van der Waals surface area (Å²) in [5, 5.41) is 0. The van der Waals surface area contributed by atoms with E-state index in [0.29, 0.717) is 19.3 Å². The first-order chi connectivity index (χ1) is 35.0. The minimum Gasteiger partial charge on any atom is -0.462 e. The number of carbonyl (C=O) groups is 3. The van der Waals surface area contributed by atoms with Gasteiger partial charge in [-0.3, -0.25) is 14.4 Å². The third-order valence-corrected chi connectivity index (χ3v) is 15.1. The summed E-state index contributed by atoms with van der Waals surface area (Å²) in [6.07, 6.45) is 70.4. The zero-order valence-electron chi connectivity index (χ0n) is 48.5. The molecule has 0 saturated heterocycles. The van der Waals surface area contributed by atoms with E-state index in [1.54, 1.807) is 0 Å². The maximum absolute atomic E-state index is 12.8. The van der Waals surface area contributed by atoms with Crippen LogP contribution in [0.1, 0.15) is 380 Å². The van der Waals surface area contributed by atoms with Crippen LogP contribution in [0, 0.1) is 0 Å². The smallest absolute Gasteiger partial charge is 0.306 e. The summed E-state index contributed by atoms with van der Waals surface area (Å²) >= 11 is 0. The van der Waals surface area contributed by atoms with Crippen LogP contribution < -0.4 is 0 Å². The first-order valence-electron chi connectivity index (χ1n) is 32.5. The monoisotopic (exact) mass is 1000 g/mol. The normalized spacial score (nSPS) is 11.9.